The Morgan fingerprint density at radius 2 is 2.03 bits per heavy atom. The molecule has 0 atom stereocenters. The Kier molecular flexibility index (Phi) is 7.30. The van der Waals surface area contributed by atoms with Crippen molar-refractivity contribution in [1.29, 1.82) is 0 Å². The molecule has 0 fully saturated rings. The molecule has 0 spiro atoms. The van der Waals surface area contributed by atoms with Crippen molar-refractivity contribution in [2.75, 3.05) is 24.0 Å². The van der Waals surface area contributed by atoms with Crippen LogP contribution in [0.2, 0.25) is 5.02 Å². The van der Waals surface area contributed by atoms with Crippen LogP contribution in [0.1, 0.15) is 11.4 Å². The lowest BCUT2D eigenvalue weighted by Gasteiger charge is -2.10. The summed E-state index contributed by atoms with van der Waals surface area (Å²) in [4.78, 5) is 15.7. The molecule has 3 aromatic rings. The van der Waals surface area contributed by atoms with Gasteiger partial charge in [0.2, 0.25) is 11.1 Å². The van der Waals surface area contributed by atoms with Crippen LogP contribution in [0.4, 0.5) is 19.0 Å². The molecule has 3 rings (SSSR count). The summed E-state index contributed by atoms with van der Waals surface area (Å²) in [5.74, 6) is 6.50. The second kappa shape index (κ2) is 9.96. The summed E-state index contributed by atoms with van der Waals surface area (Å²) in [6.45, 7) is 0.0223. The van der Waals surface area contributed by atoms with Gasteiger partial charge >= 0.3 is 6.18 Å². The molecule has 0 aliphatic carbocycles. The summed E-state index contributed by atoms with van der Waals surface area (Å²) in [7, 11) is 1.54. The van der Waals surface area contributed by atoms with Crippen LogP contribution < -0.4 is 20.6 Å². The number of hydrogen-bond donors (Lipinski definition) is 2. The number of nitrogens with one attached hydrogen (secondary N) is 1. The van der Waals surface area contributed by atoms with Gasteiger partial charge in [-0.25, -0.2) is 9.66 Å². The van der Waals surface area contributed by atoms with Gasteiger partial charge in [0.25, 0.3) is 0 Å². The van der Waals surface area contributed by atoms with Crippen molar-refractivity contribution in [3.8, 4) is 11.5 Å². The third-order valence-corrected chi connectivity index (χ3v) is 5.13. The van der Waals surface area contributed by atoms with E-state index in [1.54, 1.807) is 24.3 Å². The molecule has 2 heterocycles. The van der Waals surface area contributed by atoms with Gasteiger partial charge in [-0.3, -0.25) is 4.79 Å². The number of carbonyl (C=O) groups excluding carboxylic acids is 1. The third kappa shape index (κ3) is 5.95. The van der Waals surface area contributed by atoms with Gasteiger partial charge in [0.1, 0.15) is 18.1 Å². The largest absolute Gasteiger partial charge is 0.497 e. The van der Waals surface area contributed by atoms with Crippen molar-refractivity contribution in [2.24, 2.45) is 0 Å². The molecule has 14 heteroatoms. The molecule has 1 aromatic carbocycles. The van der Waals surface area contributed by atoms with E-state index in [9.17, 15) is 18.0 Å². The van der Waals surface area contributed by atoms with Gasteiger partial charge in [0.15, 0.2) is 11.6 Å². The fourth-order valence-corrected chi connectivity index (χ4v) is 3.22. The zero-order valence-electron chi connectivity index (χ0n) is 16.4. The number of nitrogens with two attached hydrogens (primary N) is 1. The zero-order valence-corrected chi connectivity index (χ0v) is 18.0. The number of nitrogens with zero attached hydrogens (tertiary/aromatic N) is 4. The first kappa shape index (κ1) is 23.5. The standard InChI is InChI=1S/C18H16ClF3N6O3S/c1-30-11-3-2-4-12(6-11)31-8-14-26-27-17(28(14)23)32-9-15(29)25-16-13(19)5-10(7-24-16)18(20,21)22/h2-7H,8-9,23H2,1H3,(H,24,25,29). The Labute approximate surface area is 189 Å². The maximum absolute atomic E-state index is 12.7. The molecule has 0 bridgehead atoms. The van der Waals surface area contributed by atoms with Crippen LogP contribution in [0.3, 0.4) is 0 Å². The quantitative estimate of drug-likeness (QED) is 0.366. The number of thioether (sulfide) groups is 1. The minimum absolute atomic E-state index is 0.0223. The Morgan fingerprint density at radius 1 is 1.28 bits per heavy atom. The highest BCUT2D eigenvalue weighted by Gasteiger charge is 2.31. The van der Waals surface area contributed by atoms with Crippen molar-refractivity contribution in [1.82, 2.24) is 19.9 Å². The predicted molar refractivity (Wildman–Crippen MR) is 111 cm³/mol. The molecule has 9 nitrogen and oxygen atoms in total. The van der Waals surface area contributed by atoms with E-state index in [0.29, 0.717) is 29.6 Å². The Hall–Kier alpha value is -3.19. The maximum atomic E-state index is 12.7. The predicted octanol–water partition coefficient (Wildman–Crippen LogP) is 3.38. The molecule has 0 aliphatic heterocycles. The van der Waals surface area contributed by atoms with E-state index in [1.165, 1.54) is 11.8 Å². The van der Waals surface area contributed by atoms with E-state index in [-0.39, 0.29) is 28.4 Å². The van der Waals surface area contributed by atoms with Crippen molar-refractivity contribution in [3.05, 3.63) is 52.9 Å². The molecule has 0 unspecified atom stereocenters. The van der Waals surface area contributed by atoms with Crippen molar-refractivity contribution < 1.29 is 27.4 Å². The van der Waals surface area contributed by atoms with E-state index in [1.807, 2.05) is 0 Å². The lowest BCUT2D eigenvalue weighted by atomic mass is 10.3. The van der Waals surface area contributed by atoms with Gasteiger partial charge < -0.3 is 20.6 Å². The normalized spacial score (nSPS) is 11.3. The summed E-state index contributed by atoms with van der Waals surface area (Å²) < 4.78 is 49.9. The van der Waals surface area contributed by atoms with Gasteiger partial charge in [-0.05, 0) is 18.2 Å². The number of aromatic nitrogens is 4. The minimum Gasteiger partial charge on any atom is -0.497 e. The molecule has 3 N–H and O–H groups in total. The number of methoxy groups -OCH3 is 1. The minimum atomic E-state index is -4.59. The molecule has 170 valence electrons. The summed E-state index contributed by atoms with van der Waals surface area (Å²) in [5.41, 5.74) is -1.02. The molecule has 0 radical (unpaired) electrons. The molecular formula is C18H16ClF3N6O3S. The molecule has 32 heavy (non-hydrogen) atoms. The van der Waals surface area contributed by atoms with Gasteiger partial charge in [0.05, 0.1) is 23.4 Å². The van der Waals surface area contributed by atoms with Crippen LogP contribution in [-0.2, 0) is 17.6 Å². The highest BCUT2D eigenvalue weighted by molar-refractivity contribution is 7.99. The Balaban J connectivity index is 1.55. The maximum Gasteiger partial charge on any atom is 0.417 e. The summed E-state index contributed by atoms with van der Waals surface area (Å²) >= 11 is 6.74. The van der Waals surface area contributed by atoms with Crippen LogP contribution in [0, 0.1) is 0 Å². The van der Waals surface area contributed by atoms with Crippen LogP contribution in [0.25, 0.3) is 0 Å². The van der Waals surface area contributed by atoms with E-state index >= 15 is 0 Å². The van der Waals surface area contributed by atoms with Crippen LogP contribution >= 0.6 is 23.4 Å². The van der Waals surface area contributed by atoms with Crippen LogP contribution in [0.15, 0.2) is 41.7 Å². The number of alkyl halides is 3. The van der Waals surface area contributed by atoms with E-state index in [0.717, 1.165) is 11.8 Å². The first-order valence-electron chi connectivity index (χ1n) is 8.79. The Bertz CT molecular complexity index is 1110. The van der Waals surface area contributed by atoms with Gasteiger partial charge in [-0.15, -0.1) is 10.2 Å². The van der Waals surface area contributed by atoms with Crippen LogP contribution in [-0.4, -0.2) is 38.6 Å². The fraction of sp³-hybridized carbons (Fsp3) is 0.222. The zero-order chi connectivity index (χ0) is 23.3. The first-order valence-corrected chi connectivity index (χ1v) is 10.2. The summed E-state index contributed by atoms with van der Waals surface area (Å²) in [5, 5.41) is 10.1. The van der Waals surface area contributed by atoms with Gasteiger partial charge in [0, 0.05) is 12.3 Å². The number of pyridine rings is 1. The molecular weight excluding hydrogens is 473 g/mol. The topological polar surface area (TPSA) is 117 Å². The van der Waals surface area contributed by atoms with Crippen LogP contribution in [0.5, 0.6) is 11.5 Å². The number of ether oxygens (including phenoxy) is 2. The highest BCUT2D eigenvalue weighted by Crippen LogP contribution is 2.32. The monoisotopic (exact) mass is 488 g/mol. The number of amides is 1. The number of rotatable bonds is 8. The van der Waals surface area contributed by atoms with E-state index in [2.05, 4.69) is 20.5 Å². The number of hydrogen-bond acceptors (Lipinski definition) is 8. The fourth-order valence-electron chi connectivity index (χ4n) is 2.33. The summed E-state index contributed by atoms with van der Waals surface area (Å²) in [6.07, 6.45) is -4.01. The molecule has 0 saturated heterocycles. The number of benzene rings is 1. The molecule has 1 amide bonds. The smallest absolute Gasteiger partial charge is 0.417 e. The van der Waals surface area contributed by atoms with Crippen molar-refractivity contribution in [3.63, 3.8) is 0 Å². The first-order chi connectivity index (χ1) is 15.2. The lowest BCUT2D eigenvalue weighted by molar-refractivity contribution is -0.137. The van der Waals surface area contributed by atoms with Gasteiger partial charge in [-0.1, -0.05) is 29.4 Å². The Morgan fingerprint density at radius 3 is 2.72 bits per heavy atom. The summed E-state index contributed by atoms with van der Waals surface area (Å²) in [6, 6.07) is 7.64. The SMILES string of the molecule is COc1cccc(OCc2nnc(SCC(=O)Nc3ncc(C(F)(F)F)cc3Cl)n2N)c1. The number of halogens is 4. The van der Waals surface area contributed by atoms with E-state index in [4.69, 9.17) is 26.9 Å². The molecule has 0 saturated carbocycles. The van der Waals surface area contributed by atoms with Crippen molar-refractivity contribution >= 4 is 35.1 Å². The second-order valence-electron chi connectivity index (χ2n) is 6.13. The average molecular weight is 489 g/mol. The third-order valence-electron chi connectivity index (χ3n) is 3.90. The lowest BCUT2D eigenvalue weighted by Crippen LogP contribution is -2.18. The van der Waals surface area contributed by atoms with E-state index < -0.39 is 17.6 Å². The molecule has 0 aliphatic rings. The molecule has 2 aromatic heterocycles. The van der Waals surface area contributed by atoms with Crippen molar-refractivity contribution in [2.45, 2.75) is 17.9 Å². The van der Waals surface area contributed by atoms with Gasteiger partial charge in [-0.2, -0.15) is 13.2 Å². The number of anilines is 1. The average Bonchev–Trinajstić information content (AvgIpc) is 3.11. The highest BCUT2D eigenvalue weighted by atomic mass is 35.5. The number of nitrogen functional groups attached to an aromatic ring is 1. The number of carbonyl (C=O) groups is 1. The second-order valence-corrected chi connectivity index (χ2v) is 7.48.